The van der Waals surface area contributed by atoms with E-state index in [0.29, 0.717) is 6.42 Å². The predicted molar refractivity (Wildman–Crippen MR) is 55.5 cm³/mol. The molecule has 0 aromatic heterocycles. The molecule has 0 bridgehead atoms. The quantitative estimate of drug-likeness (QED) is 0.717. The maximum Gasteiger partial charge on any atom is 0.342 e. The molecule has 0 spiro atoms. The molecule has 0 unspecified atom stereocenters. The van der Waals surface area contributed by atoms with Gasteiger partial charge in [-0.25, -0.2) is 4.79 Å². The van der Waals surface area contributed by atoms with Gasteiger partial charge in [0.15, 0.2) is 0 Å². The summed E-state index contributed by atoms with van der Waals surface area (Å²) >= 11 is 0. The van der Waals surface area contributed by atoms with E-state index < -0.39 is 17.7 Å². The van der Waals surface area contributed by atoms with Crippen molar-refractivity contribution in [2.45, 2.75) is 45.3 Å². The summed E-state index contributed by atoms with van der Waals surface area (Å²) in [6.45, 7) is 5.25. The van der Waals surface area contributed by atoms with Crippen LogP contribution in [0.1, 0.15) is 33.6 Å². The summed E-state index contributed by atoms with van der Waals surface area (Å²) in [5, 5.41) is 10.4. The van der Waals surface area contributed by atoms with Crippen molar-refractivity contribution in [1.29, 1.82) is 0 Å². The molecule has 1 heterocycles. The number of carbonyl (C=O) groups is 2. The van der Waals surface area contributed by atoms with Crippen LogP contribution in [0.4, 0.5) is 0 Å². The molecule has 1 rings (SSSR count). The third kappa shape index (κ3) is 2.19. The van der Waals surface area contributed by atoms with Crippen LogP contribution in [0.15, 0.2) is 0 Å². The van der Waals surface area contributed by atoms with Gasteiger partial charge in [-0.05, 0) is 19.3 Å². The average molecular weight is 230 g/mol. The Bertz CT molecular complexity index is 286. The Morgan fingerprint density at radius 1 is 1.69 bits per heavy atom. The van der Waals surface area contributed by atoms with Crippen LogP contribution < -0.4 is 0 Å². The largest absolute Gasteiger partial charge is 0.464 e. The number of cyclic esters (lactones) is 1. The third-order valence-corrected chi connectivity index (χ3v) is 2.86. The molecular weight excluding hydrogens is 212 g/mol. The highest BCUT2D eigenvalue weighted by atomic mass is 16.6. The summed E-state index contributed by atoms with van der Waals surface area (Å²) in [6.07, 6.45) is -0.204. The molecule has 1 aliphatic heterocycles. The van der Waals surface area contributed by atoms with Gasteiger partial charge in [0.25, 0.3) is 0 Å². The Kier molecular flexibility index (Phi) is 3.91. The number of hydrogen-bond donors (Lipinski definition) is 1. The Morgan fingerprint density at radius 3 is 2.69 bits per heavy atom. The number of ether oxygens (including phenoxy) is 2. The molecule has 0 aliphatic carbocycles. The lowest BCUT2D eigenvalue weighted by molar-refractivity contribution is -0.189. The van der Waals surface area contributed by atoms with Crippen molar-refractivity contribution in [2.75, 3.05) is 6.61 Å². The van der Waals surface area contributed by atoms with E-state index >= 15 is 0 Å². The van der Waals surface area contributed by atoms with Crippen molar-refractivity contribution in [1.82, 2.24) is 0 Å². The monoisotopic (exact) mass is 230 g/mol. The first-order valence-electron chi connectivity index (χ1n) is 5.52. The highest BCUT2D eigenvalue weighted by Crippen LogP contribution is 2.32. The highest BCUT2D eigenvalue weighted by molar-refractivity contribution is 5.82. The SMILES string of the molecule is CCOC(=O)[C@@](O)(C(C)C)[C@H]1CCC(=O)O1. The smallest absolute Gasteiger partial charge is 0.342 e. The average Bonchev–Trinajstić information content (AvgIpc) is 2.64. The molecule has 0 aromatic carbocycles. The molecule has 0 aromatic rings. The first-order valence-corrected chi connectivity index (χ1v) is 5.52. The van der Waals surface area contributed by atoms with Crippen molar-refractivity contribution >= 4 is 11.9 Å². The summed E-state index contributed by atoms with van der Waals surface area (Å²) in [5.74, 6) is -1.47. The number of hydrogen-bond acceptors (Lipinski definition) is 5. The van der Waals surface area contributed by atoms with Gasteiger partial charge in [-0.2, -0.15) is 0 Å². The summed E-state index contributed by atoms with van der Waals surface area (Å²) < 4.78 is 9.80. The van der Waals surface area contributed by atoms with Crippen LogP contribution in [0, 0.1) is 5.92 Å². The van der Waals surface area contributed by atoms with E-state index in [0.717, 1.165) is 0 Å². The number of aliphatic hydroxyl groups is 1. The fourth-order valence-corrected chi connectivity index (χ4v) is 1.82. The van der Waals surface area contributed by atoms with Crippen LogP contribution in [0.25, 0.3) is 0 Å². The number of carbonyl (C=O) groups excluding carboxylic acids is 2. The molecule has 1 saturated heterocycles. The Hall–Kier alpha value is -1.10. The van der Waals surface area contributed by atoms with Crippen molar-refractivity contribution in [3.8, 4) is 0 Å². The van der Waals surface area contributed by atoms with Gasteiger partial charge in [-0.15, -0.1) is 0 Å². The van der Waals surface area contributed by atoms with Crippen LogP contribution in [0.5, 0.6) is 0 Å². The fourth-order valence-electron chi connectivity index (χ4n) is 1.82. The second-order valence-corrected chi connectivity index (χ2v) is 4.22. The lowest BCUT2D eigenvalue weighted by Gasteiger charge is -2.33. The predicted octanol–water partition coefficient (Wildman–Crippen LogP) is 0.642. The number of esters is 2. The van der Waals surface area contributed by atoms with Crippen molar-refractivity contribution in [3.05, 3.63) is 0 Å². The van der Waals surface area contributed by atoms with Crippen LogP contribution in [0.2, 0.25) is 0 Å². The van der Waals surface area contributed by atoms with E-state index in [9.17, 15) is 14.7 Å². The molecule has 0 amide bonds. The van der Waals surface area contributed by atoms with E-state index in [4.69, 9.17) is 9.47 Å². The zero-order chi connectivity index (χ0) is 12.3. The lowest BCUT2D eigenvalue weighted by atomic mass is 9.83. The molecule has 1 aliphatic rings. The maximum atomic E-state index is 11.7. The lowest BCUT2D eigenvalue weighted by Crippen LogP contribution is -2.54. The van der Waals surface area contributed by atoms with Crippen LogP contribution in [0.3, 0.4) is 0 Å². The molecule has 5 nitrogen and oxygen atoms in total. The van der Waals surface area contributed by atoms with Gasteiger partial charge in [0, 0.05) is 6.42 Å². The van der Waals surface area contributed by atoms with E-state index in [1.165, 1.54) is 0 Å². The van der Waals surface area contributed by atoms with Gasteiger partial charge in [-0.3, -0.25) is 4.79 Å². The topological polar surface area (TPSA) is 72.8 Å². The van der Waals surface area contributed by atoms with Gasteiger partial charge < -0.3 is 14.6 Å². The third-order valence-electron chi connectivity index (χ3n) is 2.86. The maximum absolute atomic E-state index is 11.7. The molecule has 2 atom stereocenters. The molecular formula is C11H18O5. The minimum atomic E-state index is -1.73. The molecule has 0 radical (unpaired) electrons. The zero-order valence-electron chi connectivity index (χ0n) is 9.86. The highest BCUT2D eigenvalue weighted by Gasteiger charge is 2.52. The first-order chi connectivity index (χ1) is 7.42. The van der Waals surface area contributed by atoms with E-state index in [1.54, 1.807) is 20.8 Å². The molecule has 1 fully saturated rings. The molecule has 1 N–H and O–H groups in total. The van der Waals surface area contributed by atoms with Crippen molar-refractivity contribution < 1.29 is 24.2 Å². The Morgan fingerprint density at radius 2 is 2.31 bits per heavy atom. The molecule has 16 heavy (non-hydrogen) atoms. The van der Waals surface area contributed by atoms with Crippen LogP contribution >= 0.6 is 0 Å². The van der Waals surface area contributed by atoms with Gasteiger partial charge in [-0.1, -0.05) is 13.8 Å². The van der Waals surface area contributed by atoms with Gasteiger partial charge in [0.2, 0.25) is 5.60 Å². The Balaban J connectivity index is 2.87. The minimum absolute atomic E-state index is 0.189. The summed E-state index contributed by atoms with van der Waals surface area (Å²) in [6, 6.07) is 0. The molecule has 5 heteroatoms. The van der Waals surface area contributed by atoms with Crippen LogP contribution in [-0.4, -0.2) is 35.4 Å². The summed E-state index contributed by atoms with van der Waals surface area (Å²) in [4.78, 5) is 22.8. The second-order valence-electron chi connectivity index (χ2n) is 4.22. The normalized spacial score (nSPS) is 24.1. The van der Waals surface area contributed by atoms with E-state index in [-0.39, 0.29) is 24.9 Å². The first kappa shape index (κ1) is 13.0. The van der Waals surface area contributed by atoms with Crippen molar-refractivity contribution in [3.63, 3.8) is 0 Å². The van der Waals surface area contributed by atoms with Gasteiger partial charge in [0.05, 0.1) is 6.61 Å². The fraction of sp³-hybridized carbons (Fsp3) is 0.818. The Labute approximate surface area is 94.7 Å². The second kappa shape index (κ2) is 4.82. The molecule has 0 saturated carbocycles. The number of rotatable bonds is 4. The molecule has 92 valence electrons. The van der Waals surface area contributed by atoms with Crippen molar-refractivity contribution in [2.24, 2.45) is 5.92 Å². The van der Waals surface area contributed by atoms with Crippen LogP contribution in [-0.2, 0) is 19.1 Å². The zero-order valence-corrected chi connectivity index (χ0v) is 9.86. The van der Waals surface area contributed by atoms with Gasteiger partial charge in [0.1, 0.15) is 6.10 Å². The van der Waals surface area contributed by atoms with E-state index in [1.807, 2.05) is 0 Å². The summed E-state index contributed by atoms with van der Waals surface area (Å²) in [5.41, 5.74) is -1.73. The standard InChI is InChI=1S/C11H18O5/c1-4-15-10(13)11(14,7(2)3)8-5-6-9(12)16-8/h7-8,14H,4-6H2,1-3H3/t8-,11-/m1/s1. The van der Waals surface area contributed by atoms with E-state index in [2.05, 4.69) is 0 Å². The minimum Gasteiger partial charge on any atom is -0.464 e. The summed E-state index contributed by atoms with van der Waals surface area (Å²) in [7, 11) is 0. The van der Waals surface area contributed by atoms with Gasteiger partial charge >= 0.3 is 11.9 Å².